The third-order valence-electron chi connectivity index (χ3n) is 6.25. The first-order valence-electron chi connectivity index (χ1n) is 11.5. The Bertz CT molecular complexity index is 844. The zero-order valence-corrected chi connectivity index (χ0v) is 18.2. The van der Waals surface area contributed by atoms with Gasteiger partial charge in [-0.1, -0.05) is 50.8 Å². The third-order valence-corrected chi connectivity index (χ3v) is 6.25. The van der Waals surface area contributed by atoms with Crippen LogP contribution in [0.4, 0.5) is 17.6 Å². The third kappa shape index (κ3) is 7.55. The molecule has 0 bridgehead atoms. The number of halogens is 4. The van der Waals surface area contributed by atoms with Gasteiger partial charge in [-0.25, -0.2) is 4.39 Å². The fourth-order valence-electron chi connectivity index (χ4n) is 4.49. The van der Waals surface area contributed by atoms with E-state index in [0.717, 1.165) is 60.8 Å². The second-order valence-electron chi connectivity index (χ2n) is 8.72. The first kappa shape index (κ1) is 23.6. The number of benzene rings is 2. The van der Waals surface area contributed by atoms with Gasteiger partial charge in [0.1, 0.15) is 11.6 Å². The molecule has 0 saturated heterocycles. The number of hydrogen-bond donors (Lipinski definition) is 0. The van der Waals surface area contributed by atoms with Gasteiger partial charge < -0.3 is 4.74 Å². The molecule has 3 rings (SSSR count). The van der Waals surface area contributed by atoms with E-state index in [1.54, 1.807) is 12.1 Å². The van der Waals surface area contributed by atoms with E-state index >= 15 is 0 Å². The minimum absolute atomic E-state index is 0.115. The lowest BCUT2D eigenvalue weighted by molar-refractivity contribution is -0.274. The molecule has 0 amide bonds. The fourth-order valence-corrected chi connectivity index (χ4v) is 4.49. The van der Waals surface area contributed by atoms with Crippen LogP contribution in [0, 0.1) is 11.7 Å². The maximum Gasteiger partial charge on any atom is 0.573 e. The summed E-state index contributed by atoms with van der Waals surface area (Å²) in [6.45, 7) is 2.20. The molecule has 0 fully saturated rings. The molecule has 2 aromatic carbocycles. The van der Waals surface area contributed by atoms with Crippen LogP contribution in [0.5, 0.6) is 5.75 Å². The number of ether oxygens (including phenoxy) is 1. The fraction of sp³-hybridized carbons (Fsp3) is 0.538. The van der Waals surface area contributed by atoms with Crippen LogP contribution in [-0.4, -0.2) is 6.36 Å². The normalized spacial score (nSPS) is 16.2. The molecular formula is C26H32F4O. The molecule has 1 nitrogen and oxygen atoms in total. The van der Waals surface area contributed by atoms with Crippen molar-refractivity contribution in [2.24, 2.45) is 5.92 Å². The zero-order valence-electron chi connectivity index (χ0n) is 18.2. The van der Waals surface area contributed by atoms with Crippen LogP contribution < -0.4 is 4.74 Å². The maximum atomic E-state index is 14.5. The molecule has 2 aromatic rings. The molecule has 0 aromatic heterocycles. The molecular weight excluding hydrogens is 404 g/mol. The van der Waals surface area contributed by atoms with Crippen LogP contribution in [0.15, 0.2) is 36.4 Å². The first-order valence-corrected chi connectivity index (χ1v) is 11.5. The summed E-state index contributed by atoms with van der Waals surface area (Å²) in [5, 5.41) is 0. The van der Waals surface area contributed by atoms with Crippen molar-refractivity contribution in [3.63, 3.8) is 0 Å². The summed E-state index contributed by atoms with van der Waals surface area (Å²) in [7, 11) is 0. The summed E-state index contributed by atoms with van der Waals surface area (Å²) in [4.78, 5) is 0. The van der Waals surface area contributed by atoms with Gasteiger partial charge in [0, 0.05) is 0 Å². The van der Waals surface area contributed by atoms with Gasteiger partial charge in [-0.15, -0.1) is 13.2 Å². The summed E-state index contributed by atoms with van der Waals surface area (Å²) in [6.07, 6.45) is 6.34. The Morgan fingerprint density at radius 1 is 0.935 bits per heavy atom. The number of aryl methyl sites for hydroxylation is 3. The van der Waals surface area contributed by atoms with E-state index in [2.05, 4.69) is 17.7 Å². The quantitative estimate of drug-likeness (QED) is 0.271. The number of unbranched alkanes of at least 4 members (excludes halogenated alkanes) is 4. The van der Waals surface area contributed by atoms with E-state index in [-0.39, 0.29) is 11.6 Å². The number of fused-ring (bicyclic) bond motifs is 1. The van der Waals surface area contributed by atoms with E-state index in [9.17, 15) is 17.6 Å². The van der Waals surface area contributed by atoms with Crippen LogP contribution in [0.25, 0.3) is 0 Å². The Balaban J connectivity index is 1.48. The minimum Gasteiger partial charge on any atom is -0.406 e. The highest BCUT2D eigenvalue weighted by Crippen LogP contribution is 2.33. The van der Waals surface area contributed by atoms with Gasteiger partial charge in [0.05, 0.1) is 0 Å². The predicted molar refractivity (Wildman–Crippen MR) is 116 cm³/mol. The average Bonchev–Trinajstić information content (AvgIpc) is 2.72. The molecule has 1 atom stereocenters. The van der Waals surface area contributed by atoms with Crippen molar-refractivity contribution < 1.29 is 22.3 Å². The molecule has 1 unspecified atom stereocenters. The SMILES string of the molecule is CCCCCCCc1ccc(CCC2CCc3cc(OC(F)(F)F)ccc3C2)c(F)c1. The van der Waals surface area contributed by atoms with Gasteiger partial charge in [-0.3, -0.25) is 0 Å². The molecule has 31 heavy (non-hydrogen) atoms. The van der Waals surface area contributed by atoms with Crippen LogP contribution in [0.1, 0.15) is 74.1 Å². The van der Waals surface area contributed by atoms with Crippen molar-refractivity contribution in [3.8, 4) is 5.75 Å². The monoisotopic (exact) mass is 436 g/mol. The molecule has 5 heteroatoms. The molecule has 0 heterocycles. The van der Waals surface area contributed by atoms with Crippen LogP contribution in [-0.2, 0) is 25.7 Å². The van der Waals surface area contributed by atoms with E-state index in [0.29, 0.717) is 12.3 Å². The molecule has 170 valence electrons. The summed E-state index contributed by atoms with van der Waals surface area (Å²) >= 11 is 0. The molecule has 0 spiro atoms. The molecule has 1 aliphatic rings. The number of alkyl halides is 3. The van der Waals surface area contributed by atoms with Crippen LogP contribution in [0.3, 0.4) is 0 Å². The van der Waals surface area contributed by atoms with E-state index in [4.69, 9.17) is 0 Å². The summed E-state index contributed by atoms with van der Waals surface area (Å²) in [5.41, 5.74) is 3.83. The smallest absolute Gasteiger partial charge is 0.406 e. The maximum absolute atomic E-state index is 14.5. The molecule has 0 saturated carbocycles. The molecule has 1 aliphatic carbocycles. The van der Waals surface area contributed by atoms with Gasteiger partial charge >= 0.3 is 6.36 Å². The van der Waals surface area contributed by atoms with Gasteiger partial charge in [-0.2, -0.15) is 0 Å². The van der Waals surface area contributed by atoms with Crippen molar-refractivity contribution in [2.45, 2.75) is 83.9 Å². The van der Waals surface area contributed by atoms with Crippen molar-refractivity contribution in [3.05, 3.63) is 64.5 Å². The number of hydrogen-bond acceptors (Lipinski definition) is 1. The van der Waals surface area contributed by atoms with E-state index in [1.807, 2.05) is 6.07 Å². The van der Waals surface area contributed by atoms with Crippen LogP contribution in [0.2, 0.25) is 0 Å². The van der Waals surface area contributed by atoms with E-state index in [1.165, 1.54) is 37.8 Å². The Labute approximate surface area is 182 Å². The Morgan fingerprint density at radius 3 is 2.48 bits per heavy atom. The minimum atomic E-state index is -4.67. The van der Waals surface area contributed by atoms with Crippen LogP contribution >= 0.6 is 0 Å². The predicted octanol–water partition coefficient (Wildman–Crippen LogP) is 7.97. The molecule has 0 N–H and O–H groups in total. The Kier molecular flexibility index (Phi) is 8.39. The van der Waals surface area contributed by atoms with Crippen molar-refractivity contribution in [1.82, 2.24) is 0 Å². The van der Waals surface area contributed by atoms with Gasteiger partial charge in [0.15, 0.2) is 0 Å². The summed E-state index contributed by atoms with van der Waals surface area (Å²) in [6, 6.07) is 10.3. The standard InChI is InChI=1S/C26H32F4O/c1-2-3-4-5-6-7-19-8-11-21(25(27)17-19)12-9-20-10-13-23-18-24(31-26(28,29)30)15-14-22(23)16-20/h8,11,14-15,17-18,20H,2-7,9-10,12-13,16H2,1H3. The zero-order chi connectivity index (χ0) is 22.3. The second kappa shape index (κ2) is 11.0. The average molecular weight is 437 g/mol. The highest BCUT2D eigenvalue weighted by molar-refractivity contribution is 5.37. The Hall–Kier alpha value is -2.04. The molecule has 0 aliphatic heterocycles. The topological polar surface area (TPSA) is 9.23 Å². The second-order valence-corrected chi connectivity index (χ2v) is 8.72. The van der Waals surface area contributed by atoms with Crippen molar-refractivity contribution >= 4 is 0 Å². The Morgan fingerprint density at radius 2 is 1.74 bits per heavy atom. The van der Waals surface area contributed by atoms with Gasteiger partial charge in [0.25, 0.3) is 0 Å². The highest BCUT2D eigenvalue weighted by Gasteiger charge is 2.31. The number of rotatable bonds is 10. The lowest BCUT2D eigenvalue weighted by atomic mass is 9.81. The van der Waals surface area contributed by atoms with Crippen molar-refractivity contribution in [1.29, 1.82) is 0 Å². The van der Waals surface area contributed by atoms with Gasteiger partial charge in [-0.05, 0) is 91.3 Å². The lowest BCUT2D eigenvalue weighted by Gasteiger charge is -2.25. The first-order chi connectivity index (χ1) is 14.8. The lowest BCUT2D eigenvalue weighted by Crippen LogP contribution is -2.19. The van der Waals surface area contributed by atoms with Crippen molar-refractivity contribution in [2.75, 3.05) is 0 Å². The summed E-state index contributed by atoms with van der Waals surface area (Å²) < 4.78 is 55.8. The van der Waals surface area contributed by atoms with E-state index < -0.39 is 6.36 Å². The summed E-state index contributed by atoms with van der Waals surface area (Å²) in [5.74, 6) is 0.146. The highest BCUT2D eigenvalue weighted by atomic mass is 19.4. The molecule has 0 radical (unpaired) electrons. The largest absolute Gasteiger partial charge is 0.573 e. The van der Waals surface area contributed by atoms with Gasteiger partial charge in [0.2, 0.25) is 0 Å².